The van der Waals surface area contributed by atoms with E-state index in [4.69, 9.17) is 9.47 Å². The largest absolute Gasteiger partial charge is 0.493 e. The SMILES string of the molecule is COc1ccc(-c2nnc(SC(C)C(=O)c3ccccc3)n2C2CCCCC2)cc1OC. The predicted octanol–water partition coefficient (Wildman–Crippen LogP) is 5.83. The molecule has 2 aromatic carbocycles. The summed E-state index contributed by atoms with van der Waals surface area (Å²) in [5.41, 5.74) is 1.64. The molecule has 1 fully saturated rings. The van der Waals surface area contributed by atoms with Crippen LogP contribution in [0.3, 0.4) is 0 Å². The monoisotopic (exact) mass is 451 g/mol. The maximum Gasteiger partial charge on any atom is 0.192 e. The minimum atomic E-state index is -0.262. The Labute approximate surface area is 193 Å². The van der Waals surface area contributed by atoms with Crippen molar-refractivity contribution in [2.24, 2.45) is 0 Å². The quantitative estimate of drug-likeness (QED) is 0.317. The summed E-state index contributed by atoms with van der Waals surface area (Å²) in [7, 11) is 3.26. The maximum atomic E-state index is 13.0. The molecule has 1 aliphatic rings. The van der Waals surface area contributed by atoms with Crippen molar-refractivity contribution in [3.63, 3.8) is 0 Å². The summed E-state index contributed by atoms with van der Waals surface area (Å²) in [5, 5.41) is 9.62. The molecule has 0 amide bonds. The number of aromatic nitrogens is 3. The summed E-state index contributed by atoms with van der Waals surface area (Å²) in [6.45, 7) is 1.94. The van der Waals surface area contributed by atoms with Crippen LogP contribution in [0.1, 0.15) is 55.4 Å². The third-order valence-electron chi connectivity index (χ3n) is 5.96. The number of ketones is 1. The Kier molecular flexibility index (Phi) is 7.15. The second-order valence-electron chi connectivity index (χ2n) is 8.03. The normalized spacial score (nSPS) is 15.3. The van der Waals surface area contributed by atoms with Crippen LogP contribution in [0.2, 0.25) is 0 Å². The van der Waals surface area contributed by atoms with Crippen LogP contribution in [-0.2, 0) is 0 Å². The lowest BCUT2D eigenvalue weighted by Crippen LogP contribution is -2.18. The number of thioether (sulfide) groups is 1. The van der Waals surface area contributed by atoms with E-state index in [2.05, 4.69) is 14.8 Å². The van der Waals surface area contributed by atoms with Crippen LogP contribution >= 0.6 is 11.8 Å². The van der Waals surface area contributed by atoms with Crippen LogP contribution in [0.4, 0.5) is 0 Å². The van der Waals surface area contributed by atoms with Gasteiger partial charge >= 0.3 is 0 Å². The average molecular weight is 452 g/mol. The highest BCUT2D eigenvalue weighted by atomic mass is 32.2. The Bertz CT molecular complexity index is 1060. The number of Topliss-reactive ketones (excluding diaryl/α,β-unsaturated/α-hetero) is 1. The Morgan fingerprint density at radius 2 is 1.72 bits per heavy atom. The predicted molar refractivity (Wildman–Crippen MR) is 127 cm³/mol. The van der Waals surface area contributed by atoms with Gasteiger partial charge in [-0.3, -0.25) is 9.36 Å². The smallest absolute Gasteiger partial charge is 0.192 e. The molecule has 0 spiro atoms. The topological polar surface area (TPSA) is 66.2 Å². The van der Waals surface area contributed by atoms with Crippen molar-refractivity contribution < 1.29 is 14.3 Å². The molecule has 1 heterocycles. The first-order chi connectivity index (χ1) is 15.6. The van der Waals surface area contributed by atoms with Gasteiger partial charge in [-0.25, -0.2) is 0 Å². The molecule has 168 valence electrons. The molecule has 1 saturated carbocycles. The molecule has 0 aliphatic heterocycles. The van der Waals surface area contributed by atoms with E-state index in [1.807, 2.05) is 55.5 Å². The summed E-state index contributed by atoms with van der Waals surface area (Å²) >= 11 is 1.48. The minimum absolute atomic E-state index is 0.0986. The van der Waals surface area contributed by atoms with E-state index < -0.39 is 0 Å². The van der Waals surface area contributed by atoms with Crippen LogP contribution in [0, 0.1) is 0 Å². The van der Waals surface area contributed by atoms with Gasteiger partial charge in [0.1, 0.15) is 0 Å². The van der Waals surface area contributed by atoms with Gasteiger partial charge in [-0.15, -0.1) is 10.2 Å². The zero-order valence-electron chi connectivity index (χ0n) is 18.8. The standard InChI is InChI=1S/C25H29N3O3S/c1-17(23(29)18-10-6-4-7-11-18)32-25-27-26-24(28(25)20-12-8-5-9-13-20)19-14-15-21(30-2)22(16-19)31-3/h4,6-7,10-11,14-17,20H,5,8-9,12-13H2,1-3H3. The van der Waals surface area contributed by atoms with Crippen LogP contribution in [-0.4, -0.2) is 40.0 Å². The zero-order valence-corrected chi connectivity index (χ0v) is 19.6. The fourth-order valence-corrected chi connectivity index (χ4v) is 5.24. The van der Waals surface area contributed by atoms with Gasteiger partial charge in [0.05, 0.1) is 19.5 Å². The average Bonchev–Trinajstić information content (AvgIpc) is 3.27. The molecular formula is C25H29N3O3S. The number of methoxy groups -OCH3 is 2. The van der Waals surface area contributed by atoms with Crippen molar-refractivity contribution in [2.75, 3.05) is 14.2 Å². The highest BCUT2D eigenvalue weighted by Gasteiger charge is 2.27. The number of hydrogen-bond acceptors (Lipinski definition) is 6. The Hall–Kier alpha value is -2.80. The summed E-state index contributed by atoms with van der Waals surface area (Å²) in [5.74, 6) is 2.24. The van der Waals surface area contributed by atoms with Gasteiger partial charge in [0, 0.05) is 17.2 Å². The fourth-order valence-electron chi connectivity index (χ4n) is 4.25. The van der Waals surface area contributed by atoms with Crippen molar-refractivity contribution in [1.82, 2.24) is 14.8 Å². The van der Waals surface area contributed by atoms with Crippen LogP contribution in [0.25, 0.3) is 11.4 Å². The minimum Gasteiger partial charge on any atom is -0.493 e. The lowest BCUT2D eigenvalue weighted by Gasteiger charge is -2.26. The molecule has 0 saturated heterocycles. The fraction of sp³-hybridized carbons (Fsp3) is 0.400. The summed E-state index contributed by atoms with van der Waals surface area (Å²) in [4.78, 5) is 13.0. The number of hydrogen-bond donors (Lipinski definition) is 0. The number of carbonyl (C=O) groups excluding carboxylic acids is 1. The number of carbonyl (C=O) groups is 1. The van der Waals surface area contributed by atoms with Crippen molar-refractivity contribution in [3.8, 4) is 22.9 Å². The molecule has 6 nitrogen and oxygen atoms in total. The second kappa shape index (κ2) is 10.2. The molecule has 1 aromatic heterocycles. The first-order valence-corrected chi connectivity index (χ1v) is 11.9. The van der Waals surface area contributed by atoms with Crippen LogP contribution in [0.15, 0.2) is 53.7 Å². The molecule has 0 N–H and O–H groups in total. The Morgan fingerprint density at radius 3 is 2.41 bits per heavy atom. The molecule has 0 bridgehead atoms. The van der Waals surface area contributed by atoms with Gasteiger partial charge in [0.25, 0.3) is 0 Å². The summed E-state index contributed by atoms with van der Waals surface area (Å²) in [6.07, 6.45) is 5.82. The highest BCUT2D eigenvalue weighted by Crippen LogP contribution is 2.39. The number of ether oxygens (including phenoxy) is 2. The van der Waals surface area contributed by atoms with E-state index in [-0.39, 0.29) is 11.0 Å². The van der Waals surface area contributed by atoms with Gasteiger partial charge < -0.3 is 9.47 Å². The third-order valence-corrected chi connectivity index (χ3v) is 7.01. The summed E-state index contributed by atoms with van der Waals surface area (Å²) in [6, 6.07) is 15.6. The van der Waals surface area contributed by atoms with Gasteiger partial charge in [-0.1, -0.05) is 61.4 Å². The third kappa shape index (κ3) is 4.67. The van der Waals surface area contributed by atoms with Crippen molar-refractivity contribution in [3.05, 3.63) is 54.1 Å². The van der Waals surface area contributed by atoms with Gasteiger partial charge in [-0.05, 0) is 38.0 Å². The molecule has 4 rings (SSSR count). The van der Waals surface area contributed by atoms with Crippen molar-refractivity contribution >= 4 is 17.5 Å². The molecule has 1 atom stereocenters. The second-order valence-corrected chi connectivity index (χ2v) is 9.34. The van der Waals surface area contributed by atoms with E-state index in [0.29, 0.717) is 17.5 Å². The molecule has 7 heteroatoms. The molecule has 1 aliphatic carbocycles. The van der Waals surface area contributed by atoms with E-state index >= 15 is 0 Å². The van der Waals surface area contributed by atoms with Crippen molar-refractivity contribution in [1.29, 1.82) is 0 Å². The van der Waals surface area contributed by atoms with Gasteiger partial charge in [-0.2, -0.15) is 0 Å². The maximum absolute atomic E-state index is 13.0. The lowest BCUT2D eigenvalue weighted by atomic mass is 9.95. The van der Waals surface area contributed by atoms with Crippen molar-refractivity contribution in [2.45, 2.75) is 55.5 Å². The molecular weight excluding hydrogens is 422 g/mol. The first-order valence-electron chi connectivity index (χ1n) is 11.1. The first kappa shape index (κ1) is 22.4. The van der Waals surface area contributed by atoms with E-state index in [1.54, 1.807) is 14.2 Å². The number of nitrogens with zero attached hydrogens (tertiary/aromatic N) is 3. The lowest BCUT2D eigenvalue weighted by molar-refractivity contribution is 0.0993. The zero-order chi connectivity index (χ0) is 22.5. The number of benzene rings is 2. The molecule has 3 aromatic rings. The van der Waals surface area contributed by atoms with E-state index in [1.165, 1.54) is 31.0 Å². The molecule has 1 unspecified atom stereocenters. The van der Waals surface area contributed by atoms with Gasteiger partial charge in [0.15, 0.2) is 28.3 Å². The highest BCUT2D eigenvalue weighted by molar-refractivity contribution is 8.00. The number of rotatable bonds is 8. The van der Waals surface area contributed by atoms with Crippen LogP contribution < -0.4 is 9.47 Å². The Balaban J connectivity index is 1.69. The molecule has 32 heavy (non-hydrogen) atoms. The molecule has 0 radical (unpaired) electrons. The summed E-state index contributed by atoms with van der Waals surface area (Å²) < 4.78 is 13.1. The Morgan fingerprint density at radius 1 is 1.00 bits per heavy atom. The van der Waals surface area contributed by atoms with Gasteiger partial charge in [0.2, 0.25) is 0 Å². The van der Waals surface area contributed by atoms with E-state index in [0.717, 1.165) is 34.9 Å². The van der Waals surface area contributed by atoms with E-state index in [9.17, 15) is 4.79 Å². The van der Waals surface area contributed by atoms with Crippen LogP contribution in [0.5, 0.6) is 11.5 Å².